The third-order valence-corrected chi connectivity index (χ3v) is 5.12. The lowest BCUT2D eigenvalue weighted by atomic mass is 9.77. The number of rotatable bonds is 1. The number of Topliss-reactive ketones (excluding diaryl/α,β-unsaturated/α-hetero) is 1. The molecule has 1 saturated heterocycles. The molecule has 23 heavy (non-hydrogen) atoms. The molecule has 1 aliphatic heterocycles. The lowest BCUT2D eigenvalue weighted by molar-refractivity contribution is 0.0205. The number of benzene rings is 2. The van der Waals surface area contributed by atoms with Gasteiger partial charge in [-0.2, -0.15) is 0 Å². The molecule has 2 aromatic rings. The van der Waals surface area contributed by atoms with Crippen molar-refractivity contribution in [2.75, 3.05) is 13.2 Å². The molecular formula is C20H17NO2. The molecular weight excluding hydrogens is 286 g/mol. The number of carbonyl (C=O) groups is 1. The first kappa shape index (κ1) is 14.2. The number of hydrogen-bond acceptors (Lipinski definition) is 2. The molecule has 0 aromatic heterocycles. The van der Waals surface area contributed by atoms with Crippen molar-refractivity contribution in [1.29, 1.82) is 0 Å². The number of fused-ring (bicyclic) bond motifs is 1. The molecule has 1 spiro atoms. The topological polar surface area (TPSA) is 30.7 Å². The minimum Gasteiger partial charge on any atom is -0.381 e. The van der Waals surface area contributed by atoms with Crippen LogP contribution in [0.5, 0.6) is 0 Å². The zero-order valence-corrected chi connectivity index (χ0v) is 12.8. The monoisotopic (exact) mass is 303 g/mol. The van der Waals surface area contributed by atoms with Crippen molar-refractivity contribution in [2.24, 2.45) is 5.41 Å². The third-order valence-electron chi connectivity index (χ3n) is 5.12. The number of carbonyl (C=O) groups excluding carboxylic acids is 1. The van der Waals surface area contributed by atoms with Crippen molar-refractivity contribution in [3.63, 3.8) is 0 Å². The molecule has 0 atom stereocenters. The first-order chi connectivity index (χ1) is 11.2. The lowest BCUT2D eigenvalue weighted by Crippen LogP contribution is -2.34. The van der Waals surface area contributed by atoms with Gasteiger partial charge in [0.2, 0.25) is 0 Å². The zero-order chi connectivity index (χ0) is 15.9. The lowest BCUT2D eigenvalue weighted by Gasteiger charge is -2.31. The molecule has 0 unspecified atom stereocenters. The Hall–Kier alpha value is -2.44. The summed E-state index contributed by atoms with van der Waals surface area (Å²) in [6.45, 7) is 8.51. The highest BCUT2D eigenvalue weighted by Gasteiger charge is 2.46. The van der Waals surface area contributed by atoms with Crippen LogP contribution in [0.2, 0.25) is 0 Å². The Labute approximate surface area is 135 Å². The molecule has 1 heterocycles. The fraction of sp³-hybridized carbons (Fsp3) is 0.300. The molecule has 0 N–H and O–H groups in total. The maximum Gasteiger partial charge on any atom is 0.187 e. The van der Waals surface area contributed by atoms with Crippen LogP contribution in [0, 0.1) is 12.0 Å². The van der Waals surface area contributed by atoms with Crippen molar-refractivity contribution < 1.29 is 9.53 Å². The zero-order valence-electron chi connectivity index (χ0n) is 12.8. The largest absolute Gasteiger partial charge is 0.381 e. The van der Waals surface area contributed by atoms with E-state index in [1.807, 2.05) is 24.3 Å². The van der Waals surface area contributed by atoms with Crippen molar-refractivity contribution in [3.8, 4) is 11.1 Å². The highest BCUT2D eigenvalue weighted by Crippen LogP contribution is 2.45. The van der Waals surface area contributed by atoms with E-state index in [1.165, 1.54) is 0 Å². The molecule has 1 fully saturated rings. The number of ketones is 1. The standard InChI is InChI=1S/C20H17NO2/c1-21-17-4-2-3-14(11-17)15-5-6-16-13-20(7-9-23-10-8-20)19(22)18(16)12-15/h2-6,11-12H,7-10,13H2. The van der Waals surface area contributed by atoms with Crippen molar-refractivity contribution >= 4 is 11.5 Å². The Morgan fingerprint density at radius 2 is 1.83 bits per heavy atom. The van der Waals surface area contributed by atoms with Gasteiger partial charge < -0.3 is 4.74 Å². The Kier molecular flexibility index (Phi) is 3.28. The number of hydrogen-bond donors (Lipinski definition) is 0. The summed E-state index contributed by atoms with van der Waals surface area (Å²) in [4.78, 5) is 16.5. The van der Waals surface area contributed by atoms with E-state index in [0.717, 1.165) is 41.5 Å². The van der Waals surface area contributed by atoms with E-state index >= 15 is 0 Å². The smallest absolute Gasteiger partial charge is 0.187 e. The van der Waals surface area contributed by atoms with E-state index < -0.39 is 0 Å². The van der Waals surface area contributed by atoms with Crippen LogP contribution in [0.1, 0.15) is 28.8 Å². The summed E-state index contributed by atoms with van der Waals surface area (Å²) in [6.07, 6.45) is 2.49. The Bertz CT molecular complexity index is 826. The summed E-state index contributed by atoms with van der Waals surface area (Å²) in [6, 6.07) is 13.7. The van der Waals surface area contributed by atoms with Gasteiger partial charge in [-0.25, -0.2) is 4.85 Å². The second-order valence-corrected chi connectivity index (χ2v) is 6.43. The minimum atomic E-state index is -0.239. The average Bonchev–Trinajstić information content (AvgIpc) is 2.87. The van der Waals surface area contributed by atoms with Crippen molar-refractivity contribution in [1.82, 2.24) is 0 Å². The summed E-state index contributed by atoms with van der Waals surface area (Å²) in [7, 11) is 0. The maximum absolute atomic E-state index is 13.0. The van der Waals surface area contributed by atoms with Gasteiger partial charge in [0.25, 0.3) is 0 Å². The fourth-order valence-electron chi connectivity index (χ4n) is 3.77. The summed E-state index contributed by atoms with van der Waals surface area (Å²) in [5.74, 6) is 0.277. The molecule has 3 heteroatoms. The third kappa shape index (κ3) is 2.27. The molecule has 3 nitrogen and oxygen atoms in total. The van der Waals surface area contributed by atoms with Gasteiger partial charge in [0.05, 0.1) is 6.57 Å². The summed E-state index contributed by atoms with van der Waals surface area (Å²) < 4.78 is 5.44. The maximum atomic E-state index is 13.0. The molecule has 2 aromatic carbocycles. The molecule has 2 aliphatic rings. The summed E-state index contributed by atoms with van der Waals surface area (Å²) >= 11 is 0. The summed E-state index contributed by atoms with van der Waals surface area (Å²) in [5.41, 5.74) is 4.39. The first-order valence-electron chi connectivity index (χ1n) is 7.95. The predicted molar refractivity (Wildman–Crippen MR) is 88.7 cm³/mol. The Morgan fingerprint density at radius 1 is 1.04 bits per heavy atom. The Morgan fingerprint density at radius 3 is 2.61 bits per heavy atom. The van der Waals surface area contributed by atoms with Gasteiger partial charge >= 0.3 is 0 Å². The SMILES string of the molecule is [C-]#[N+]c1cccc(-c2ccc3c(c2)C(=O)C2(CCOCC2)C3)c1. The van der Waals surface area contributed by atoms with Crippen LogP contribution in [0.15, 0.2) is 42.5 Å². The average molecular weight is 303 g/mol. The summed E-state index contributed by atoms with van der Waals surface area (Å²) in [5, 5.41) is 0. The van der Waals surface area contributed by atoms with Gasteiger partial charge in [-0.15, -0.1) is 0 Å². The van der Waals surface area contributed by atoms with Crippen LogP contribution in [0.3, 0.4) is 0 Å². The van der Waals surface area contributed by atoms with Crippen molar-refractivity contribution in [3.05, 3.63) is 65.0 Å². The Balaban J connectivity index is 1.73. The van der Waals surface area contributed by atoms with Crippen LogP contribution in [0.4, 0.5) is 5.69 Å². The molecule has 114 valence electrons. The van der Waals surface area contributed by atoms with Gasteiger partial charge in [0.15, 0.2) is 11.5 Å². The quantitative estimate of drug-likeness (QED) is 0.729. The number of nitrogens with zero attached hydrogens (tertiary/aromatic N) is 1. The van der Waals surface area contributed by atoms with E-state index in [1.54, 1.807) is 6.07 Å². The van der Waals surface area contributed by atoms with E-state index in [2.05, 4.69) is 17.0 Å². The molecule has 0 amide bonds. The van der Waals surface area contributed by atoms with Crippen LogP contribution in [-0.2, 0) is 11.2 Å². The van der Waals surface area contributed by atoms with E-state index in [-0.39, 0.29) is 11.2 Å². The fourth-order valence-corrected chi connectivity index (χ4v) is 3.77. The second kappa shape index (κ2) is 5.33. The molecule has 0 bridgehead atoms. The van der Waals surface area contributed by atoms with Gasteiger partial charge in [-0.1, -0.05) is 30.3 Å². The molecule has 1 aliphatic carbocycles. The molecule has 0 radical (unpaired) electrons. The normalized spacial score (nSPS) is 18.7. The van der Waals surface area contributed by atoms with E-state index in [4.69, 9.17) is 11.3 Å². The van der Waals surface area contributed by atoms with Gasteiger partial charge in [0, 0.05) is 24.2 Å². The van der Waals surface area contributed by atoms with Crippen LogP contribution in [0.25, 0.3) is 16.0 Å². The number of ether oxygens (including phenoxy) is 1. The van der Waals surface area contributed by atoms with E-state index in [0.29, 0.717) is 18.9 Å². The minimum absolute atomic E-state index is 0.239. The molecule has 0 saturated carbocycles. The van der Waals surface area contributed by atoms with Gasteiger partial charge in [0.1, 0.15) is 0 Å². The van der Waals surface area contributed by atoms with Crippen LogP contribution >= 0.6 is 0 Å². The van der Waals surface area contributed by atoms with Crippen LogP contribution < -0.4 is 0 Å². The van der Waals surface area contributed by atoms with Gasteiger partial charge in [-0.3, -0.25) is 4.79 Å². The first-order valence-corrected chi connectivity index (χ1v) is 7.95. The van der Waals surface area contributed by atoms with E-state index in [9.17, 15) is 4.79 Å². The van der Waals surface area contributed by atoms with Gasteiger partial charge in [-0.05, 0) is 48.1 Å². The second-order valence-electron chi connectivity index (χ2n) is 6.43. The van der Waals surface area contributed by atoms with Crippen LogP contribution in [-0.4, -0.2) is 19.0 Å². The van der Waals surface area contributed by atoms with Crippen molar-refractivity contribution in [2.45, 2.75) is 19.3 Å². The highest BCUT2D eigenvalue weighted by molar-refractivity contribution is 6.05. The highest BCUT2D eigenvalue weighted by atomic mass is 16.5. The predicted octanol–water partition coefficient (Wildman–Crippen LogP) is 4.44. The molecule has 4 rings (SSSR count).